The maximum absolute atomic E-state index is 4.59. The molecule has 2 nitrogen and oxygen atoms in total. The third-order valence-corrected chi connectivity index (χ3v) is 3.69. The van der Waals surface area contributed by atoms with Gasteiger partial charge in [0.05, 0.1) is 6.04 Å². The summed E-state index contributed by atoms with van der Waals surface area (Å²) < 4.78 is 3.38. The number of rotatable bonds is 1. The van der Waals surface area contributed by atoms with E-state index in [0.717, 1.165) is 10.6 Å². The van der Waals surface area contributed by atoms with Crippen molar-refractivity contribution in [2.24, 2.45) is 0 Å². The van der Waals surface area contributed by atoms with Crippen molar-refractivity contribution >= 4 is 15.9 Å². The largest absolute Gasteiger partial charge is 0.265 e. The zero-order chi connectivity index (χ0) is 8.84. The van der Waals surface area contributed by atoms with Crippen LogP contribution in [0.4, 0.5) is 0 Å². The molecule has 0 spiro atoms. The van der Waals surface area contributed by atoms with Gasteiger partial charge in [-0.2, -0.15) is 5.10 Å². The Morgan fingerprint density at radius 1 is 1.23 bits per heavy atom. The van der Waals surface area contributed by atoms with E-state index in [0.29, 0.717) is 0 Å². The Labute approximate surface area is 86.4 Å². The molecule has 3 rings (SSSR count). The van der Waals surface area contributed by atoms with Crippen LogP contribution in [0.3, 0.4) is 0 Å². The van der Waals surface area contributed by atoms with Gasteiger partial charge in [0.25, 0.3) is 0 Å². The van der Waals surface area contributed by atoms with E-state index >= 15 is 0 Å². The highest BCUT2D eigenvalue weighted by atomic mass is 79.9. The molecule has 0 saturated heterocycles. The summed E-state index contributed by atoms with van der Waals surface area (Å²) in [4.78, 5) is 0. The fraction of sp³-hybridized carbons (Fsp3) is 0.700. The lowest BCUT2D eigenvalue weighted by atomic mass is 9.98. The van der Waals surface area contributed by atoms with E-state index in [1.54, 1.807) is 0 Å². The third kappa shape index (κ3) is 1.25. The highest BCUT2D eigenvalue weighted by molar-refractivity contribution is 9.10. The first-order valence-electron chi connectivity index (χ1n) is 5.12. The van der Waals surface area contributed by atoms with Crippen LogP contribution in [0.5, 0.6) is 0 Å². The van der Waals surface area contributed by atoms with Crippen LogP contribution >= 0.6 is 15.9 Å². The topological polar surface area (TPSA) is 17.8 Å². The molecule has 1 heterocycles. The first-order valence-corrected chi connectivity index (χ1v) is 5.91. The van der Waals surface area contributed by atoms with Crippen LogP contribution in [0, 0.1) is 0 Å². The number of fused-ring (bicyclic) bond motifs is 1. The van der Waals surface area contributed by atoms with Gasteiger partial charge < -0.3 is 0 Å². The summed E-state index contributed by atoms with van der Waals surface area (Å²) in [6.45, 7) is 0. The van der Waals surface area contributed by atoms with Gasteiger partial charge in [0.15, 0.2) is 0 Å². The van der Waals surface area contributed by atoms with Crippen molar-refractivity contribution in [3.8, 4) is 0 Å². The van der Waals surface area contributed by atoms with E-state index in [1.807, 2.05) is 0 Å². The summed E-state index contributed by atoms with van der Waals surface area (Å²) in [5, 5.41) is 4.59. The zero-order valence-electron chi connectivity index (χ0n) is 7.59. The lowest BCUT2D eigenvalue weighted by Crippen LogP contribution is -2.07. The minimum absolute atomic E-state index is 0.734. The molecule has 13 heavy (non-hydrogen) atoms. The minimum atomic E-state index is 0.734. The highest BCUT2D eigenvalue weighted by Gasteiger charge is 2.30. The average molecular weight is 241 g/mol. The van der Waals surface area contributed by atoms with Gasteiger partial charge in [0.2, 0.25) is 0 Å². The molecule has 0 amide bonds. The Hall–Kier alpha value is -0.310. The lowest BCUT2D eigenvalue weighted by molar-refractivity contribution is 0.569. The number of nitrogens with zero attached hydrogens (tertiary/aromatic N) is 2. The molecule has 3 heteroatoms. The van der Waals surface area contributed by atoms with Crippen molar-refractivity contribution in [2.45, 2.75) is 44.6 Å². The standard InChI is InChI=1S/C10H13BrN2/c11-10-8-3-1-2-4-9(8)13(12-10)7-5-6-7/h7H,1-6H2. The quantitative estimate of drug-likeness (QED) is 0.739. The van der Waals surface area contributed by atoms with E-state index in [9.17, 15) is 0 Å². The first-order chi connectivity index (χ1) is 6.36. The summed E-state index contributed by atoms with van der Waals surface area (Å²) in [7, 11) is 0. The normalized spacial score (nSPS) is 21.6. The first kappa shape index (κ1) is 8.04. The van der Waals surface area contributed by atoms with Gasteiger partial charge in [-0.15, -0.1) is 0 Å². The molecule has 0 bridgehead atoms. The van der Waals surface area contributed by atoms with Gasteiger partial charge in [0.1, 0.15) is 4.60 Å². The summed E-state index contributed by atoms with van der Waals surface area (Å²) in [5.41, 5.74) is 3.00. The smallest absolute Gasteiger partial charge is 0.131 e. The summed E-state index contributed by atoms with van der Waals surface area (Å²) in [6.07, 6.45) is 7.81. The third-order valence-electron chi connectivity index (χ3n) is 3.05. The molecule has 1 saturated carbocycles. The summed E-state index contributed by atoms with van der Waals surface area (Å²) >= 11 is 3.57. The van der Waals surface area contributed by atoms with E-state index < -0.39 is 0 Å². The predicted octanol–water partition coefficient (Wildman–Crippen LogP) is 2.86. The number of hydrogen-bond donors (Lipinski definition) is 0. The van der Waals surface area contributed by atoms with Crippen LogP contribution in [0.15, 0.2) is 4.60 Å². The Kier molecular flexibility index (Phi) is 1.76. The van der Waals surface area contributed by atoms with Gasteiger partial charge >= 0.3 is 0 Å². The Morgan fingerprint density at radius 2 is 2.00 bits per heavy atom. The fourth-order valence-electron chi connectivity index (χ4n) is 2.20. The molecular formula is C10H13BrN2. The van der Waals surface area contributed by atoms with Crippen molar-refractivity contribution in [3.63, 3.8) is 0 Å². The van der Waals surface area contributed by atoms with Gasteiger partial charge in [-0.3, -0.25) is 4.68 Å². The van der Waals surface area contributed by atoms with E-state index in [2.05, 4.69) is 25.7 Å². The fourth-order valence-corrected chi connectivity index (χ4v) is 2.80. The van der Waals surface area contributed by atoms with Crippen molar-refractivity contribution in [1.29, 1.82) is 0 Å². The molecule has 0 aromatic carbocycles. The van der Waals surface area contributed by atoms with E-state index in [-0.39, 0.29) is 0 Å². The molecule has 1 fully saturated rings. The van der Waals surface area contributed by atoms with Crippen LogP contribution in [0.1, 0.15) is 43.0 Å². The molecule has 0 unspecified atom stereocenters. The summed E-state index contributed by atoms with van der Waals surface area (Å²) in [6, 6.07) is 0.734. The highest BCUT2D eigenvalue weighted by Crippen LogP contribution is 2.39. The van der Waals surface area contributed by atoms with Gasteiger partial charge in [-0.05, 0) is 54.5 Å². The maximum atomic E-state index is 4.59. The maximum Gasteiger partial charge on any atom is 0.131 e. The van der Waals surface area contributed by atoms with Crippen LogP contribution in [-0.4, -0.2) is 9.78 Å². The number of halogens is 1. The minimum Gasteiger partial charge on any atom is -0.265 e. The van der Waals surface area contributed by atoms with Gasteiger partial charge in [0, 0.05) is 11.3 Å². The van der Waals surface area contributed by atoms with Gasteiger partial charge in [-0.25, -0.2) is 0 Å². The average Bonchev–Trinajstić information content (AvgIpc) is 2.94. The number of aromatic nitrogens is 2. The SMILES string of the molecule is Brc1nn(C2CC2)c2c1CCCC2. The second-order valence-electron chi connectivity index (χ2n) is 4.10. The summed E-state index contributed by atoms with van der Waals surface area (Å²) in [5.74, 6) is 0. The lowest BCUT2D eigenvalue weighted by Gasteiger charge is -2.13. The van der Waals surface area contributed by atoms with E-state index in [1.165, 1.54) is 49.8 Å². The van der Waals surface area contributed by atoms with Crippen molar-refractivity contribution < 1.29 is 0 Å². The molecule has 0 aliphatic heterocycles. The zero-order valence-corrected chi connectivity index (χ0v) is 9.18. The van der Waals surface area contributed by atoms with Crippen molar-refractivity contribution in [1.82, 2.24) is 9.78 Å². The Morgan fingerprint density at radius 3 is 2.77 bits per heavy atom. The van der Waals surface area contributed by atoms with Crippen molar-refractivity contribution in [3.05, 3.63) is 15.9 Å². The molecule has 0 N–H and O–H groups in total. The van der Waals surface area contributed by atoms with Crippen LogP contribution < -0.4 is 0 Å². The van der Waals surface area contributed by atoms with E-state index in [4.69, 9.17) is 0 Å². The van der Waals surface area contributed by atoms with Crippen LogP contribution in [-0.2, 0) is 12.8 Å². The molecule has 0 radical (unpaired) electrons. The molecule has 2 aliphatic rings. The molecule has 0 atom stereocenters. The molecular weight excluding hydrogens is 228 g/mol. The second-order valence-corrected chi connectivity index (χ2v) is 4.85. The molecule has 2 aliphatic carbocycles. The Bertz CT molecular complexity index is 339. The predicted molar refractivity (Wildman–Crippen MR) is 54.8 cm³/mol. The monoisotopic (exact) mass is 240 g/mol. The number of hydrogen-bond acceptors (Lipinski definition) is 1. The molecule has 70 valence electrons. The van der Waals surface area contributed by atoms with Gasteiger partial charge in [-0.1, -0.05) is 0 Å². The molecule has 1 aromatic heterocycles. The van der Waals surface area contributed by atoms with Crippen molar-refractivity contribution in [2.75, 3.05) is 0 Å². The molecule has 1 aromatic rings. The van der Waals surface area contributed by atoms with Crippen LogP contribution in [0.25, 0.3) is 0 Å². The van der Waals surface area contributed by atoms with Crippen LogP contribution in [0.2, 0.25) is 0 Å². The Balaban J connectivity index is 2.09. The second kappa shape index (κ2) is 2.84.